The van der Waals surface area contributed by atoms with Crippen LogP contribution in [0.1, 0.15) is 37.0 Å². The zero-order valence-corrected chi connectivity index (χ0v) is 17.9. The van der Waals surface area contributed by atoms with Crippen LogP contribution in [0.4, 0.5) is 0 Å². The predicted octanol–water partition coefficient (Wildman–Crippen LogP) is 5.85. The summed E-state index contributed by atoms with van der Waals surface area (Å²) in [6.07, 6.45) is 0.908. The molecule has 0 spiro atoms. The predicted molar refractivity (Wildman–Crippen MR) is 122 cm³/mol. The van der Waals surface area contributed by atoms with Gasteiger partial charge >= 0.3 is 5.97 Å². The van der Waals surface area contributed by atoms with Gasteiger partial charge in [-0.25, -0.2) is 0 Å². The summed E-state index contributed by atoms with van der Waals surface area (Å²) in [4.78, 5) is 15.5. The average Bonchev–Trinajstić information content (AvgIpc) is 2.79. The Labute approximate surface area is 180 Å². The van der Waals surface area contributed by atoms with Crippen molar-refractivity contribution >= 4 is 5.97 Å². The maximum Gasteiger partial charge on any atom is 0.323 e. The van der Waals surface area contributed by atoms with Crippen LogP contribution in [0, 0.1) is 5.92 Å². The zero-order chi connectivity index (χ0) is 21.2. The standard InChI is InChI=1S/C27H31NO2/c1-3-22(2)26(27(29)30-21-25-17-11-6-12-18-25)28(19-23-13-7-4-8-14-23)20-24-15-9-5-10-16-24/h4-18,22,26H,3,19-21H2,1-2H3/t22?,26-/m0/s1. The maximum absolute atomic E-state index is 13.3. The maximum atomic E-state index is 13.3. The van der Waals surface area contributed by atoms with Crippen LogP contribution in [0.2, 0.25) is 0 Å². The van der Waals surface area contributed by atoms with E-state index in [9.17, 15) is 4.79 Å². The summed E-state index contributed by atoms with van der Waals surface area (Å²) in [5.41, 5.74) is 3.39. The molecule has 0 bridgehead atoms. The van der Waals surface area contributed by atoms with Crippen molar-refractivity contribution in [2.45, 2.75) is 46.0 Å². The minimum atomic E-state index is -0.306. The Hall–Kier alpha value is -2.91. The number of hydrogen-bond acceptors (Lipinski definition) is 3. The Morgan fingerprint density at radius 3 is 1.63 bits per heavy atom. The number of hydrogen-bond donors (Lipinski definition) is 0. The van der Waals surface area contributed by atoms with Gasteiger partial charge in [-0.3, -0.25) is 9.69 Å². The van der Waals surface area contributed by atoms with Gasteiger partial charge in [0.2, 0.25) is 0 Å². The summed E-state index contributed by atoms with van der Waals surface area (Å²) >= 11 is 0. The van der Waals surface area contributed by atoms with Gasteiger partial charge in [0.05, 0.1) is 0 Å². The molecule has 3 rings (SSSR count). The van der Waals surface area contributed by atoms with Crippen LogP contribution in [-0.2, 0) is 29.2 Å². The van der Waals surface area contributed by atoms with Crippen molar-refractivity contribution in [3.05, 3.63) is 108 Å². The van der Waals surface area contributed by atoms with Gasteiger partial charge in [-0.15, -0.1) is 0 Å². The molecule has 0 saturated carbocycles. The Balaban J connectivity index is 1.82. The number of esters is 1. The molecule has 0 heterocycles. The Morgan fingerprint density at radius 1 is 0.767 bits per heavy atom. The van der Waals surface area contributed by atoms with Gasteiger partial charge in [0, 0.05) is 13.1 Å². The lowest BCUT2D eigenvalue weighted by Crippen LogP contribution is -2.45. The number of ether oxygens (including phenoxy) is 1. The third-order valence-corrected chi connectivity index (χ3v) is 5.50. The second kappa shape index (κ2) is 11.3. The van der Waals surface area contributed by atoms with Crippen LogP contribution in [0.3, 0.4) is 0 Å². The molecule has 156 valence electrons. The van der Waals surface area contributed by atoms with Gasteiger partial charge in [0.25, 0.3) is 0 Å². The number of nitrogens with zero attached hydrogens (tertiary/aromatic N) is 1. The Kier molecular flexibility index (Phi) is 8.22. The van der Waals surface area contributed by atoms with E-state index in [2.05, 4.69) is 43.0 Å². The number of carbonyl (C=O) groups is 1. The first-order valence-electron chi connectivity index (χ1n) is 10.7. The average molecular weight is 402 g/mol. The Bertz CT molecular complexity index is 839. The number of benzene rings is 3. The highest BCUT2D eigenvalue weighted by molar-refractivity contribution is 5.76. The third kappa shape index (κ3) is 6.30. The summed E-state index contributed by atoms with van der Waals surface area (Å²) in [7, 11) is 0. The molecule has 3 nitrogen and oxygen atoms in total. The molecule has 3 aromatic carbocycles. The van der Waals surface area contributed by atoms with E-state index in [4.69, 9.17) is 4.74 Å². The van der Waals surface area contributed by atoms with Crippen LogP contribution in [0.15, 0.2) is 91.0 Å². The van der Waals surface area contributed by atoms with Crippen LogP contribution < -0.4 is 0 Å². The summed E-state index contributed by atoms with van der Waals surface area (Å²) in [6.45, 7) is 5.97. The fourth-order valence-corrected chi connectivity index (χ4v) is 3.67. The van der Waals surface area contributed by atoms with E-state index in [0.717, 1.165) is 12.0 Å². The summed E-state index contributed by atoms with van der Waals surface area (Å²) < 4.78 is 5.79. The monoisotopic (exact) mass is 401 g/mol. The molecule has 0 aliphatic heterocycles. The normalized spacial score (nSPS) is 13.0. The smallest absolute Gasteiger partial charge is 0.323 e. The molecule has 2 atom stereocenters. The SMILES string of the molecule is CCC(C)[C@@H](C(=O)OCc1ccccc1)N(Cc1ccccc1)Cc1ccccc1. The lowest BCUT2D eigenvalue weighted by Gasteiger charge is -2.34. The molecule has 1 unspecified atom stereocenters. The second-order valence-corrected chi connectivity index (χ2v) is 7.80. The molecule has 0 aromatic heterocycles. The van der Waals surface area contributed by atoms with E-state index in [1.165, 1.54) is 11.1 Å². The van der Waals surface area contributed by atoms with Crippen molar-refractivity contribution < 1.29 is 9.53 Å². The van der Waals surface area contributed by atoms with Crippen molar-refractivity contribution in [1.82, 2.24) is 4.90 Å². The van der Waals surface area contributed by atoms with Crippen molar-refractivity contribution in [1.29, 1.82) is 0 Å². The van der Waals surface area contributed by atoms with Crippen LogP contribution in [0.5, 0.6) is 0 Å². The molecule has 3 heteroatoms. The van der Waals surface area contributed by atoms with Crippen molar-refractivity contribution in [3.8, 4) is 0 Å². The van der Waals surface area contributed by atoms with Crippen LogP contribution in [0.25, 0.3) is 0 Å². The third-order valence-electron chi connectivity index (χ3n) is 5.50. The summed E-state index contributed by atoms with van der Waals surface area (Å²) in [5.74, 6) is 0.0285. The van der Waals surface area contributed by atoms with E-state index in [-0.39, 0.29) is 17.9 Å². The molecule has 0 saturated heterocycles. The van der Waals surface area contributed by atoms with E-state index < -0.39 is 0 Å². The van der Waals surface area contributed by atoms with Crippen molar-refractivity contribution in [3.63, 3.8) is 0 Å². The van der Waals surface area contributed by atoms with E-state index in [0.29, 0.717) is 19.7 Å². The largest absolute Gasteiger partial charge is 0.460 e. The van der Waals surface area contributed by atoms with Crippen molar-refractivity contribution in [2.24, 2.45) is 5.92 Å². The first kappa shape index (κ1) is 21.8. The Morgan fingerprint density at radius 2 is 1.20 bits per heavy atom. The molecule has 0 amide bonds. The fraction of sp³-hybridized carbons (Fsp3) is 0.296. The first-order valence-corrected chi connectivity index (χ1v) is 10.7. The van der Waals surface area contributed by atoms with Crippen molar-refractivity contribution in [2.75, 3.05) is 0 Å². The first-order chi connectivity index (χ1) is 14.7. The number of rotatable bonds is 10. The van der Waals surface area contributed by atoms with Gasteiger partial charge in [-0.05, 0) is 22.6 Å². The summed E-state index contributed by atoms with van der Waals surface area (Å²) in [5, 5.41) is 0. The van der Waals surface area contributed by atoms with Gasteiger partial charge in [0.15, 0.2) is 0 Å². The molecule has 0 radical (unpaired) electrons. The molecular weight excluding hydrogens is 370 g/mol. The molecular formula is C27H31NO2. The quantitative estimate of drug-likeness (QED) is 0.399. The van der Waals surface area contributed by atoms with Crippen LogP contribution >= 0.6 is 0 Å². The van der Waals surface area contributed by atoms with Gasteiger partial charge in [0.1, 0.15) is 12.6 Å². The molecule has 0 aliphatic rings. The minimum Gasteiger partial charge on any atom is -0.460 e. The summed E-state index contributed by atoms with van der Waals surface area (Å²) in [6, 6.07) is 30.2. The van der Waals surface area contributed by atoms with Gasteiger partial charge in [-0.2, -0.15) is 0 Å². The molecule has 0 fully saturated rings. The molecule has 3 aromatic rings. The molecule has 0 N–H and O–H groups in total. The number of carbonyl (C=O) groups excluding carboxylic acids is 1. The van der Waals surface area contributed by atoms with E-state index in [1.807, 2.05) is 66.7 Å². The topological polar surface area (TPSA) is 29.5 Å². The molecule has 0 aliphatic carbocycles. The van der Waals surface area contributed by atoms with Gasteiger partial charge < -0.3 is 4.74 Å². The van der Waals surface area contributed by atoms with Gasteiger partial charge in [-0.1, -0.05) is 111 Å². The lowest BCUT2D eigenvalue weighted by molar-refractivity contribution is -0.154. The zero-order valence-electron chi connectivity index (χ0n) is 17.9. The minimum absolute atomic E-state index is 0.153. The fourth-order valence-electron chi connectivity index (χ4n) is 3.67. The van der Waals surface area contributed by atoms with Crippen LogP contribution in [-0.4, -0.2) is 16.9 Å². The second-order valence-electron chi connectivity index (χ2n) is 7.80. The lowest BCUT2D eigenvalue weighted by atomic mass is 9.96. The van der Waals surface area contributed by atoms with E-state index >= 15 is 0 Å². The molecule has 30 heavy (non-hydrogen) atoms. The highest BCUT2D eigenvalue weighted by Crippen LogP contribution is 2.22. The highest BCUT2D eigenvalue weighted by atomic mass is 16.5. The highest BCUT2D eigenvalue weighted by Gasteiger charge is 2.32. The van der Waals surface area contributed by atoms with E-state index in [1.54, 1.807) is 0 Å².